The average Bonchev–Trinajstić information content (AvgIpc) is 2.95. The van der Waals surface area contributed by atoms with E-state index in [4.69, 9.17) is 9.15 Å². The SMILES string of the molecule is CCOC(=O)c1coc(NC(=O)/C=C/c2ccc(F)cc2)n1. The van der Waals surface area contributed by atoms with E-state index in [1.165, 1.54) is 36.4 Å². The summed E-state index contributed by atoms with van der Waals surface area (Å²) < 4.78 is 22.4. The second-order valence-electron chi connectivity index (χ2n) is 4.13. The number of halogens is 1. The largest absolute Gasteiger partial charge is 0.461 e. The number of hydrogen-bond donors (Lipinski definition) is 1. The summed E-state index contributed by atoms with van der Waals surface area (Å²) >= 11 is 0. The highest BCUT2D eigenvalue weighted by atomic mass is 19.1. The molecule has 0 radical (unpaired) electrons. The Bertz CT molecular complexity index is 692. The van der Waals surface area contributed by atoms with E-state index in [0.29, 0.717) is 5.56 Å². The number of nitrogens with one attached hydrogen (secondary N) is 1. The molecule has 0 fully saturated rings. The molecule has 1 amide bonds. The molecule has 7 heteroatoms. The van der Waals surface area contributed by atoms with Gasteiger partial charge in [0.2, 0.25) is 0 Å². The lowest BCUT2D eigenvalue weighted by Crippen LogP contribution is -2.09. The minimum atomic E-state index is -0.631. The summed E-state index contributed by atoms with van der Waals surface area (Å²) in [4.78, 5) is 26.8. The predicted molar refractivity (Wildman–Crippen MR) is 76.5 cm³/mol. The van der Waals surface area contributed by atoms with Crippen molar-refractivity contribution in [3.63, 3.8) is 0 Å². The van der Waals surface area contributed by atoms with Crippen LogP contribution in [0.5, 0.6) is 0 Å². The van der Waals surface area contributed by atoms with Gasteiger partial charge in [-0.3, -0.25) is 10.1 Å². The molecule has 2 rings (SSSR count). The number of esters is 1. The van der Waals surface area contributed by atoms with Gasteiger partial charge in [0.05, 0.1) is 6.61 Å². The number of ether oxygens (including phenoxy) is 1. The first-order chi connectivity index (χ1) is 10.6. The Morgan fingerprint density at radius 2 is 2.09 bits per heavy atom. The zero-order valence-corrected chi connectivity index (χ0v) is 11.7. The summed E-state index contributed by atoms with van der Waals surface area (Å²) in [5.74, 6) is -1.48. The van der Waals surface area contributed by atoms with Crippen molar-refractivity contribution in [2.75, 3.05) is 11.9 Å². The number of carbonyl (C=O) groups excluding carboxylic acids is 2. The maximum Gasteiger partial charge on any atom is 0.360 e. The van der Waals surface area contributed by atoms with Gasteiger partial charge in [-0.25, -0.2) is 9.18 Å². The highest BCUT2D eigenvalue weighted by Gasteiger charge is 2.13. The lowest BCUT2D eigenvalue weighted by Gasteiger charge is -1.96. The molecule has 0 saturated carbocycles. The van der Waals surface area contributed by atoms with Crippen LogP contribution in [0.4, 0.5) is 10.4 Å². The smallest absolute Gasteiger partial charge is 0.360 e. The highest BCUT2D eigenvalue weighted by Crippen LogP contribution is 2.09. The van der Waals surface area contributed by atoms with E-state index in [9.17, 15) is 14.0 Å². The molecule has 0 unspecified atom stereocenters. The van der Waals surface area contributed by atoms with Crippen molar-refractivity contribution in [1.82, 2.24) is 4.98 Å². The number of anilines is 1. The monoisotopic (exact) mass is 304 g/mol. The minimum absolute atomic E-state index is 0.0281. The summed E-state index contributed by atoms with van der Waals surface area (Å²) in [6.07, 6.45) is 3.84. The number of oxazole rings is 1. The van der Waals surface area contributed by atoms with Gasteiger partial charge in [0.1, 0.15) is 12.1 Å². The molecule has 0 aliphatic carbocycles. The molecule has 0 saturated heterocycles. The van der Waals surface area contributed by atoms with E-state index in [1.807, 2.05) is 0 Å². The van der Waals surface area contributed by atoms with Crippen LogP contribution in [0.25, 0.3) is 6.08 Å². The van der Waals surface area contributed by atoms with Crippen LogP contribution < -0.4 is 5.32 Å². The molecule has 0 aliphatic rings. The molecule has 114 valence electrons. The van der Waals surface area contributed by atoms with E-state index in [0.717, 1.165) is 6.26 Å². The van der Waals surface area contributed by atoms with Crippen molar-refractivity contribution in [3.8, 4) is 0 Å². The molecule has 0 aliphatic heterocycles. The molecule has 1 aromatic heterocycles. The maximum atomic E-state index is 12.7. The first-order valence-corrected chi connectivity index (χ1v) is 6.45. The fourth-order valence-corrected chi connectivity index (χ4v) is 1.52. The molecule has 1 heterocycles. The Balaban J connectivity index is 1.94. The van der Waals surface area contributed by atoms with Crippen LogP contribution in [0.3, 0.4) is 0 Å². The first-order valence-electron chi connectivity index (χ1n) is 6.45. The lowest BCUT2D eigenvalue weighted by molar-refractivity contribution is -0.112. The summed E-state index contributed by atoms with van der Waals surface area (Å²) in [5.41, 5.74) is 0.635. The zero-order chi connectivity index (χ0) is 15.9. The number of hydrogen-bond acceptors (Lipinski definition) is 5. The highest BCUT2D eigenvalue weighted by molar-refractivity contribution is 6.01. The molecule has 6 nitrogen and oxygen atoms in total. The molecule has 22 heavy (non-hydrogen) atoms. The van der Waals surface area contributed by atoms with Gasteiger partial charge in [-0.15, -0.1) is 0 Å². The zero-order valence-electron chi connectivity index (χ0n) is 11.7. The second kappa shape index (κ2) is 7.16. The van der Waals surface area contributed by atoms with Crippen LogP contribution in [0.15, 0.2) is 41.0 Å². The van der Waals surface area contributed by atoms with Crippen molar-refractivity contribution in [1.29, 1.82) is 0 Å². The van der Waals surface area contributed by atoms with Crippen LogP contribution in [0.2, 0.25) is 0 Å². The number of aromatic nitrogens is 1. The normalized spacial score (nSPS) is 10.6. The third-order valence-corrected chi connectivity index (χ3v) is 2.52. The molecule has 2 aromatic rings. The summed E-state index contributed by atoms with van der Waals surface area (Å²) in [6, 6.07) is 5.53. The predicted octanol–water partition coefficient (Wildman–Crippen LogP) is 2.64. The quantitative estimate of drug-likeness (QED) is 0.678. The van der Waals surface area contributed by atoms with Gasteiger partial charge >= 0.3 is 12.0 Å². The van der Waals surface area contributed by atoms with Crippen molar-refractivity contribution in [3.05, 3.63) is 53.7 Å². The molecule has 0 bridgehead atoms. The van der Waals surface area contributed by atoms with Crippen LogP contribution in [-0.2, 0) is 9.53 Å². The Hall–Kier alpha value is -2.96. The van der Waals surface area contributed by atoms with E-state index >= 15 is 0 Å². The third kappa shape index (κ3) is 4.27. The van der Waals surface area contributed by atoms with Crippen molar-refractivity contribution in [2.24, 2.45) is 0 Å². The minimum Gasteiger partial charge on any atom is -0.461 e. The Morgan fingerprint density at radius 3 is 2.77 bits per heavy atom. The van der Waals surface area contributed by atoms with Gasteiger partial charge in [-0.05, 0) is 30.7 Å². The molecule has 1 aromatic carbocycles. The van der Waals surface area contributed by atoms with Crippen LogP contribution in [0.1, 0.15) is 23.0 Å². The van der Waals surface area contributed by atoms with Crippen molar-refractivity contribution < 1.29 is 23.1 Å². The van der Waals surface area contributed by atoms with E-state index in [1.54, 1.807) is 6.92 Å². The molecule has 0 spiro atoms. The molecule has 1 N–H and O–H groups in total. The van der Waals surface area contributed by atoms with Crippen molar-refractivity contribution >= 4 is 24.0 Å². The van der Waals surface area contributed by atoms with Crippen LogP contribution >= 0.6 is 0 Å². The summed E-state index contributed by atoms with van der Waals surface area (Å²) in [7, 11) is 0. The van der Waals surface area contributed by atoms with Crippen LogP contribution in [0, 0.1) is 5.82 Å². The molecular weight excluding hydrogens is 291 g/mol. The number of nitrogens with zero attached hydrogens (tertiary/aromatic N) is 1. The molecular formula is C15H13FN2O4. The van der Waals surface area contributed by atoms with Gasteiger partial charge < -0.3 is 9.15 Å². The van der Waals surface area contributed by atoms with Gasteiger partial charge in [-0.1, -0.05) is 12.1 Å². The maximum absolute atomic E-state index is 12.7. The van der Waals surface area contributed by atoms with Gasteiger partial charge in [0, 0.05) is 6.08 Å². The standard InChI is InChI=1S/C15H13FN2O4/c1-2-21-14(20)12-9-22-15(17-12)18-13(19)8-5-10-3-6-11(16)7-4-10/h3-9H,2H2,1H3,(H,17,18,19)/b8-5+. The van der Waals surface area contributed by atoms with E-state index in [-0.39, 0.29) is 24.1 Å². The fraction of sp³-hybridized carbons (Fsp3) is 0.133. The second-order valence-corrected chi connectivity index (χ2v) is 4.13. The number of amides is 1. The van der Waals surface area contributed by atoms with Crippen LogP contribution in [-0.4, -0.2) is 23.5 Å². The van der Waals surface area contributed by atoms with Crippen molar-refractivity contribution in [2.45, 2.75) is 6.92 Å². The van der Waals surface area contributed by atoms with E-state index < -0.39 is 11.9 Å². The number of benzene rings is 1. The Kier molecular flexibility index (Phi) is 5.02. The average molecular weight is 304 g/mol. The topological polar surface area (TPSA) is 81.4 Å². The first kappa shape index (κ1) is 15.4. The molecule has 0 atom stereocenters. The lowest BCUT2D eigenvalue weighted by atomic mass is 10.2. The van der Waals surface area contributed by atoms with Gasteiger partial charge in [0.25, 0.3) is 5.91 Å². The van der Waals surface area contributed by atoms with Gasteiger partial charge in [0.15, 0.2) is 5.69 Å². The van der Waals surface area contributed by atoms with E-state index in [2.05, 4.69) is 10.3 Å². The third-order valence-electron chi connectivity index (χ3n) is 2.52. The Morgan fingerprint density at radius 1 is 1.36 bits per heavy atom. The summed E-state index contributed by atoms with van der Waals surface area (Å²) in [5, 5.41) is 2.36. The fourth-order valence-electron chi connectivity index (χ4n) is 1.52. The van der Waals surface area contributed by atoms with Gasteiger partial charge in [-0.2, -0.15) is 4.98 Å². The number of carbonyl (C=O) groups is 2. The number of rotatable bonds is 5. The Labute approximate surface area is 125 Å². The summed E-state index contributed by atoms with van der Waals surface area (Å²) in [6.45, 7) is 1.88.